The fourth-order valence-corrected chi connectivity index (χ4v) is 4.26. The third-order valence-electron chi connectivity index (χ3n) is 5.17. The standard InChI is InChI=1S/C19H24N4OS/c24-19-5-4-16(22-19)11-20-15-6-8-23(9-7-15)17-3-1-2-14(10-17)18-12-25-13-21-18/h1-3,10,12-13,15-16,20H,4-9,11H2,(H,22,24)/t16-/m0/s1. The zero-order valence-corrected chi connectivity index (χ0v) is 15.1. The van der Waals surface area contributed by atoms with Crippen molar-refractivity contribution in [2.75, 3.05) is 24.5 Å². The van der Waals surface area contributed by atoms with E-state index in [9.17, 15) is 4.79 Å². The van der Waals surface area contributed by atoms with Crippen molar-refractivity contribution in [3.63, 3.8) is 0 Å². The Hall–Kier alpha value is -1.92. The van der Waals surface area contributed by atoms with Crippen LogP contribution in [0.25, 0.3) is 11.3 Å². The molecule has 25 heavy (non-hydrogen) atoms. The SMILES string of the molecule is O=C1CC[C@@H](CNC2CCN(c3cccc(-c4cscn4)c3)CC2)N1. The molecule has 0 unspecified atom stereocenters. The van der Waals surface area contributed by atoms with Crippen molar-refractivity contribution in [1.29, 1.82) is 0 Å². The van der Waals surface area contributed by atoms with Crippen LogP contribution in [0.3, 0.4) is 0 Å². The Morgan fingerprint density at radius 3 is 2.88 bits per heavy atom. The summed E-state index contributed by atoms with van der Waals surface area (Å²) in [6, 6.07) is 9.56. The van der Waals surface area contributed by atoms with Gasteiger partial charge in [0, 0.05) is 54.8 Å². The number of benzene rings is 1. The number of carbonyl (C=O) groups is 1. The lowest BCUT2D eigenvalue weighted by Gasteiger charge is -2.34. The molecule has 0 aliphatic carbocycles. The number of aromatic nitrogens is 1. The summed E-state index contributed by atoms with van der Waals surface area (Å²) in [6.07, 6.45) is 3.93. The van der Waals surface area contributed by atoms with E-state index in [1.54, 1.807) is 11.3 Å². The van der Waals surface area contributed by atoms with Gasteiger partial charge in [-0.3, -0.25) is 4.79 Å². The van der Waals surface area contributed by atoms with Gasteiger partial charge in [0.15, 0.2) is 0 Å². The minimum Gasteiger partial charge on any atom is -0.371 e. The highest BCUT2D eigenvalue weighted by molar-refractivity contribution is 7.07. The average Bonchev–Trinajstić information content (AvgIpc) is 3.32. The van der Waals surface area contributed by atoms with Crippen LogP contribution in [0.4, 0.5) is 5.69 Å². The zero-order chi connectivity index (χ0) is 17.1. The van der Waals surface area contributed by atoms with Gasteiger partial charge in [0.05, 0.1) is 11.2 Å². The third kappa shape index (κ3) is 4.02. The van der Waals surface area contributed by atoms with Crippen molar-refractivity contribution in [2.24, 2.45) is 0 Å². The Morgan fingerprint density at radius 2 is 2.16 bits per heavy atom. The first-order valence-corrected chi connectivity index (χ1v) is 9.98. The van der Waals surface area contributed by atoms with E-state index >= 15 is 0 Å². The van der Waals surface area contributed by atoms with Gasteiger partial charge in [0.25, 0.3) is 0 Å². The summed E-state index contributed by atoms with van der Waals surface area (Å²) in [4.78, 5) is 18.1. The lowest BCUT2D eigenvalue weighted by atomic mass is 10.0. The predicted molar refractivity (Wildman–Crippen MR) is 102 cm³/mol. The predicted octanol–water partition coefficient (Wildman–Crippen LogP) is 2.65. The fraction of sp³-hybridized carbons (Fsp3) is 0.474. The first-order valence-electron chi connectivity index (χ1n) is 9.04. The number of anilines is 1. The highest BCUT2D eigenvalue weighted by atomic mass is 32.1. The second-order valence-corrected chi connectivity index (χ2v) is 7.62. The van der Waals surface area contributed by atoms with Crippen molar-refractivity contribution < 1.29 is 4.79 Å². The summed E-state index contributed by atoms with van der Waals surface area (Å²) in [5.41, 5.74) is 5.41. The summed E-state index contributed by atoms with van der Waals surface area (Å²) in [6.45, 7) is 3.03. The maximum atomic E-state index is 11.3. The zero-order valence-electron chi connectivity index (χ0n) is 14.3. The summed E-state index contributed by atoms with van der Waals surface area (Å²) in [5.74, 6) is 0.196. The topological polar surface area (TPSA) is 57.3 Å². The summed E-state index contributed by atoms with van der Waals surface area (Å²) >= 11 is 1.63. The fourth-order valence-electron chi connectivity index (χ4n) is 3.70. The second-order valence-electron chi connectivity index (χ2n) is 6.90. The monoisotopic (exact) mass is 356 g/mol. The smallest absolute Gasteiger partial charge is 0.220 e. The van der Waals surface area contributed by atoms with Crippen LogP contribution >= 0.6 is 11.3 Å². The molecule has 0 saturated carbocycles. The molecule has 0 bridgehead atoms. The summed E-state index contributed by atoms with van der Waals surface area (Å²) in [5, 5.41) is 8.76. The molecular formula is C19H24N4OS. The van der Waals surface area contributed by atoms with Gasteiger partial charge in [-0.2, -0.15) is 0 Å². The molecule has 4 rings (SSSR count). The van der Waals surface area contributed by atoms with E-state index in [1.165, 1.54) is 11.3 Å². The number of hydrogen-bond acceptors (Lipinski definition) is 5. The van der Waals surface area contributed by atoms with Gasteiger partial charge in [0.2, 0.25) is 5.91 Å². The van der Waals surface area contributed by atoms with Gasteiger partial charge in [-0.25, -0.2) is 4.98 Å². The number of rotatable bonds is 5. The van der Waals surface area contributed by atoms with E-state index in [4.69, 9.17) is 0 Å². The van der Waals surface area contributed by atoms with Crippen molar-refractivity contribution in [2.45, 2.75) is 37.8 Å². The van der Waals surface area contributed by atoms with Gasteiger partial charge < -0.3 is 15.5 Å². The Kier molecular flexibility index (Phi) is 4.99. The molecule has 0 radical (unpaired) electrons. The molecule has 132 valence electrons. The molecule has 1 aromatic heterocycles. The van der Waals surface area contributed by atoms with E-state index in [0.29, 0.717) is 18.5 Å². The molecule has 0 spiro atoms. The van der Waals surface area contributed by atoms with Gasteiger partial charge in [-0.15, -0.1) is 11.3 Å². The van der Waals surface area contributed by atoms with E-state index in [0.717, 1.165) is 44.6 Å². The third-order valence-corrected chi connectivity index (χ3v) is 5.76. The van der Waals surface area contributed by atoms with Crippen molar-refractivity contribution in [3.05, 3.63) is 35.2 Å². The molecule has 1 amide bonds. The quantitative estimate of drug-likeness (QED) is 0.865. The van der Waals surface area contributed by atoms with Crippen LogP contribution in [0.1, 0.15) is 25.7 Å². The number of nitrogens with one attached hydrogen (secondary N) is 2. The molecule has 2 aliphatic rings. The van der Waals surface area contributed by atoms with Crippen LogP contribution in [0.5, 0.6) is 0 Å². The lowest BCUT2D eigenvalue weighted by Crippen LogP contribution is -2.46. The Balaban J connectivity index is 1.30. The highest BCUT2D eigenvalue weighted by Crippen LogP contribution is 2.26. The Bertz CT molecular complexity index is 710. The van der Waals surface area contributed by atoms with E-state index in [-0.39, 0.29) is 5.91 Å². The molecule has 1 aromatic carbocycles. The summed E-state index contributed by atoms with van der Waals surface area (Å²) < 4.78 is 0. The first kappa shape index (κ1) is 16.5. The van der Waals surface area contributed by atoms with E-state index in [2.05, 4.69) is 50.2 Å². The number of hydrogen-bond donors (Lipinski definition) is 2. The first-order chi connectivity index (χ1) is 12.3. The highest BCUT2D eigenvalue weighted by Gasteiger charge is 2.23. The number of nitrogens with zero attached hydrogens (tertiary/aromatic N) is 2. The maximum Gasteiger partial charge on any atom is 0.220 e. The average molecular weight is 356 g/mol. The second kappa shape index (κ2) is 7.54. The van der Waals surface area contributed by atoms with Crippen molar-refractivity contribution in [3.8, 4) is 11.3 Å². The molecule has 5 nitrogen and oxygen atoms in total. The van der Waals surface area contributed by atoms with E-state index < -0.39 is 0 Å². The van der Waals surface area contributed by atoms with Crippen molar-refractivity contribution in [1.82, 2.24) is 15.6 Å². The molecule has 1 atom stereocenters. The minimum atomic E-state index is 0.196. The van der Waals surface area contributed by atoms with Gasteiger partial charge in [0.1, 0.15) is 0 Å². The van der Waals surface area contributed by atoms with E-state index in [1.807, 2.05) is 5.51 Å². The molecule has 2 aromatic rings. The molecule has 2 fully saturated rings. The Morgan fingerprint density at radius 1 is 1.28 bits per heavy atom. The molecular weight excluding hydrogens is 332 g/mol. The van der Waals surface area contributed by atoms with Gasteiger partial charge >= 0.3 is 0 Å². The van der Waals surface area contributed by atoms with Crippen LogP contribution in [-0.4, -0.2) is 42.6 Å². The van der Waals surface area contributed by atoms with Crippen LogP contribution in [0, 0.1) is 0 Å². The van der Waals surface area contributed by atoms with Crippen molar-refractivity contribution >= 4 is 22.9 Å². The van der Waals surface area contributed by atoms with Gasteiger partial charge in [-0.1, -0.05) is 12.1 Å². The van der Waals surface area contributed by atoms with Crippen LogP contribution < -0.4 is 15.5 Å². The normalized spacial score (nSPS) is 21.5. The molecule has 6 heteroatoms. The number of amides is 1. The van der Waals surface area contributed by atoms with Crippen LogP contribution in [0.15, 0.2) is 35.2 Å². The summed E-state index contributed by atoms with van der Waals surface area (Å²) in [7, 11) is 0. The largest absolute Gasteiger partial charge is 0.371 e. The number of thiazole rings is 1. The van der Waals surface area contributed by atoms with Crippen LogP contribution in [0.2, 0.25) is 0 Å². The molecule has 2 N–H and O–H groups in total. The van der Waals surface area contributed by atoms with Crippen LogP contribution in [-0.2, 0) is 4.79 Å². The minimum absolute atomic E-state index is 0.196. The Labute approximate surface area is 152 Å². The van der Waals surface area contributed by atoms with Gasteiger partial charge in [-0.05, 0) is 31.4 Å². The maximum absolute atomic E-state index is 11.3. The lowest BCUT2D eigenvalue weighted by molar-refractivity contribution is -0.119. The number of piperidine rings is 1. The molecule has 3 heterocycles. The number of carbonyl (C=O) groups excluding carboxylic acids is 1. The molecule has 2 aliphatic heterocycles. The molecule has 2 saturated heterocycles.